The second kappa shape index (κ2) is 8.36. The topological polar surface area (TPSA) is 59.5 Å². The van der Waals surface area contributed by atoms with Crippen LogP contribution in [0.2, 0.25) is 0 Å². The van der Waals surface area contributed by atoms with Crippen LogP contribution in [-0.2, 0) is 4.74 Å². The van der Waals surface area contributed by atoms with Gasteiger partial charge in [0.2, 0.25) is 0 Å². The lowest BCUT2D eigenvalue weighted by Crippen LogP contribution is -2.40. The maximum atomic E-state index is 12.9. The van der Waals surface area contributed by atoms with Crippen molar-refractivity contribution in [2.45, 2.75) is 17.7 Å². The minimum absolute atomic E-state index is 0.101. The van der Waals surface area contributed by atoms with Gasteiger partial charge in [-0.25, -0.2) is 9.78 Å². The lowest BCUT2D eigenvalue weighted by Gasteiger charge is -2.33. The molecule has 0 bridgehead atoms. The van der Waals surface area contributed by atoms with Gasteiger partial charge in [-0.3, -0.25) is 4.79 Å². The SMILES string of the molecule is COC(=O)c1cccnc1N1CCC[C@H](C(=O)c2ccc(SC)cc2)C1. The molecule has 0 saturated carbocycles. The number of Topliss-reactive ketones (excluding diaryl/α,β-unsaturated/α-hetero) is 1. The van der Waals surface area contributed by atoms with Gasteiger partial charge in [-0.05, 0) is 43.4 Å². The Morgan fingerprint density at radius 1 is 1.23 bits per heavy atom. The highest BCUT2D eigenvalue weighted by atomic mass is 32.2. The highest BCUT2D eigenvalue weighted by Crippen LogP contribution is 2.27. The highest BCUT2D eigenvalue weighted by Gasteiger charge is 2.29. The minimum Gasteiger partial charge on any atom is -0.465 e. The van der Waals surface area contributed by atoms with E-state index in [1.807, 2.05) is 35.4 Å². The Kier molecular flexibility index (Phi) is 5.93. The summed E-state index contributed by atoms with van der Waals surface area (Å²) in [5.74, 6) is 0.234. The summed E-state index contributed by atoms with van der Waals surface area (Å²) in [6.07, 6.45) is 5.41. The molecule has 1 saturated heterocycles. The molecule has 1 fully saturated rings. The van der Waals surface area contributed by atoms with Gasteiger partial charge in [0.15, 0.2) is 5.78 Å². The van der Waals surface area contributed by atoms with Gasteiger partial charge in [0.25, 0.3) is 0 Å². The van der Waals surface area contributed by atoms with Crippen molar-refractivity contribution in [1.82, 2.24) is 4.98 Å². The molecule has 0 unspecified atom stereocenters. The molecule has 1 aromatic carbocycles. The molecule has 2 aromatic rings. The third kappa shape index (κ3) is 3.90. The van der Waals surface area contributed by atoms with Gasteiger partial charge in [-0.2, -0.15) is 0 Å². The van der Waals surface area contributed by atoms with Crippen molar-refractivity contribution in [1.29, 1.82) is 0 Å². The Hall–Kier alpha value is -2.34. The Morgan fingerprint density at radius 3 is 2.69 bits per heavy atom. The number of benzene rings is 1. The Morgan fingerprint density at radius 2 is 2.00 bits per heavy atom. The summed E-state index contributed by atoms with van der Waals surface area (Å²) in [5.41, 5.74) is 1.18. The maximum absolute atomic E-state index is 12.9. The summed E-state index contributed by atoms with van der Waals surface area (Å²) in [6, 6.07) is 11.2. The van der Waals surface area contributed by atoms with Gasteiger partial charge in [-0.1, -0.05) is 12.1 Å². The van der Waals surface area contributed by atoms with Crippen LogP contribution in [0.5, 0.6) is 0 Å². The number of carbonyl (C=O) groups is 2. The predicted octanol–water partition coefficient (Wildman–Crippen LogP) is 3.69. The predicted molar refractivity (Wildman–Crippen MR) is 103 cm³/mol. The molecule has 6 heteroatoms. The van der Waals surface area contributed by atoms with Crippen LogP contribution in [-0.4, -0.2) is 43.2 Å². The van der Waals surface area contributed by atoms with Crippen molar-refractivity contribution in [2.75, 3.05) is 31.4 Å². The van der Waals surface area contributed by atoms with Crippen LogP contribution >= 0.6 is 11.8 Å². The third-order valence-corrected chi connectivity index (χ3v) is 5.40. The zero-order valence-corrected chi connectivity index (χ0v) is 15.8. The number of hydrogen-bond acceptors (Lipinski definition) is 6. The van der Waals surface area contributed by atoms with Crippen molar-refractivity contribution in [2.24, 2.45) is 5.92 Å². The highest BCUT2D eigenvalue weighted by molar-refractivity contribution is 7.98. The van der Waals surface area contributed by atoms with E-state index in [4.69, 9.17) is 4.74 Å². The lowest BCUT2D eigenvalue weighted by atomic mass is 9.90. The smallest absolute Gasteiger partial charge is 0.341 e. The van der Waals surface area contributed by atoms with Crippen LogP contribution in [0.15, 0.2) is 47.5 Å². The number of carbonyl (C=O) groups excluding carboxylic acids is 2. The molecule has 26 heavy (non-hydrogen) atoms. The van der Waals surface area contributed by atoms with Gasteiger partial charge in [-0.15, -0.1) is 11.8 Å². The molecule has 3 rings (SSSR count). The quantitative estimate of drug-likeness (QED) is 0.454. The number of pyridine rings is 1. The fraction of sp³-hybridized carbons (Fsp3) is 0.350. The molecular weight excluding hydrogens is 348 g/mol. The van der Waals surface area contributed by atoms with Gasteiger partial charge < -0.3 is 9.64 Å². The van der Waals surface area contributed by atoms with Crippen LogP contribution in [0, 0.1) is 5.92 Å². The van der Waals surface area contributed by atoms with E-state index in [0.717, 1.165) is 29.8 Å². The first-order valence-electron chi connectivity index (χ1n) is 8.60. The van der Waals surface area contributed by atoms with Crippen molar-refractivity contribution >= 4 is 29.3 Å². The Balaban J connectivity index is 1.79. The van der Waals surface area contributed by atoms with E-state index in [2.05, 4.69) is 4.98 Å². The number of hydrogen-bond donors (Lipinski definition) is 0. The second-order valence-corrected chi connectivity index (χ2v) is 7.12. The van der Waals surface area contributed by atoms with Crippen molar-refractivity contribution < 1.29 is 14.3 Å². The molecule has 0 radical (unpaired) electrons. The van der Waals surface area contributed by atoms with E-state index in [0.29, 0.717) is 17.9 Å². The first-order chi connectivity index (χ1) is 12.6. The summed E-state index contributed by atoms with van der Waals surface area (Å²) in [7, 11) is 1.36. The van der Waals surface area contributed by atoms with Crippen LogP contribution in [0.4, 0.5) is 5.82 Å². The van der Waals surface area contributed by atoms with E-state index < -0.39 is 5.97 Å². The molecule has 1 aliphatic heterocycles. The number of anilines is 1. The van der Waals surface area contributed by atoms with Crippen LogP contribution in [0.25, 0.3) is 0 Å². The standard InChI is InChI=1S/C20H22N2O3S/c1-25-20(24)17-6-3-11-21-19(17)22-12-4-5-15(13-22)18(23)14-7-9-16(26-2)10-8-14/h3,6-11,15H,4-5,12-13H2,1-2H3/t15-/m0/s1. The second-order valence-electron chi connectivity index (χ2n) is 6.24. The van der Waals surface area contributed by atoms with Crippen LogP contribution in [0.1, 0.15) is 33.6 Å². The van der Waals surface area contributed by atoms with Crippen LogP contribution < -0.4 is 4.90 Å². The molecule has 0 N–H and O–H groups in total. The first kappa shape index (κ1) is 18.5. The lowest BCUT2D eigenvalue weighted by molar-refractivity contribution is 0.0601. The molecule has 0 amide bonds. The Labute approximate surface area is 157 Å². The number of methoxy groups -OCH3 is 1. The van der Waals surface area contributed by atoms with E-state index in [-0.39, 0.29) is 11.7 Å². The molecule has 1 atom stereocenters. The maximum Gasteiger partial charge on any atom is 0.341 e. The molecule has 0 spiro atoms. The monoisotopic (exact) mass is 370 g/mol. The number of rotatable bonds is 5. The molecular formula is C20H22N2O3S. The Bertz CT molecular complexity index is 792. The largest absolute Gasteiger partial charge is 0.465 e. The van der Waals surface area contributed by atoms with Crippen molar-refractivity contribution in [3.63, 3.8) is 0 Å². The van der Waals surface area contributed by atoms with E-state index >= 15 is 0 Å². The summed E-state index contributed by atoms with van der Waals surface area (Å²) in [6.45, 7) is 1.33. The van der Waals surface area contributed by atoms with Gasteiger partial charge in [0.05, 0.1) is 7.11 Å². The molecule has 1 aromatic heterocycles. The zero-order chi connectivity index (χ0) is 18.5. The number of aromatic nitrogens is 1. The molecule has 5 nitrogen and oxygen atoms in total. The molecule has 136 valence electrons. The number of esters is 1. The van der Waals surface area contributed by atoms with Crippen molar-refractivity contribution in [3.8, 4) is 0 Å². The number of nitrogens with zero attached hydrogens (tertiary/aromatic N) is 2. The fourth-order valence-corrected chi connectivity index (χ4v) is 3.70. The summed E-state index contributed by atoms with van der Waals surface area (Å²) >= 11 is 1.66. The average Bonchev–Trinajstić information content (AvgIpc) is 2.72. The van der Waals surface area contributed by atoms with E-state index in [1.165, 1.54) is 7.11 Å². The molecule has 1 aliphatic rings. The number of ketones is 1. The number of piperidine rings is 1. The first-order valence-corrected chi connectivity index (χ1v) is 9.83. The van der Waals surface area contributed by atoms with Crippen LogP contribution in [0.3, 0.4) is 0 Å². The summed E-state index contributed by atoms with van der Waals surface area (Å²) in [4.78, 5) is 32.5. The normalized spacial score (nSPS) is 17.0. The zero-order valence-electron chi connectivity index (χ0n) is 15.0. The number of thioether (sulfide) groups is 1. The summed E-state index contributed by atoms with van der Waals surface area (Å²) in [5, 5.41) is 0. The van der Waals surface area contributed by atoms with E-state index in [9.17, 15) is 9.59 Å². The number of ether oxygens (including phenoxy) is 1. The van der Waals surface area contributed by atoms with Gasteiger partial charge >= 0.3 is 5.97 Å². The minimum atomic E-state index is -0.408. The third-order valence-electron chi connectivity index (χ3n) is 4.66. The average molecular weight is 370 g/mol. The van der Waals surface area contributed by atoms with Gasteiger partial charge in [0.1, 0.15) is 11.4 Å². The fourth-order valence-electron chi connectivity index (χ4n) is 3.29. The van der Waals surface area contributed by atoms with Crippen molar-refractivity contribution in [3.05, 3.63) is 53.7 Å². The molecule has 2 heterocycles. The van der Waals surface area contributed by atoms with Gasteiger partial charge in [0, 0.05) is 35.7 Å². The molecule has 0 aliphatic carbocycles. The van der Waals surface area contributed by atoms with E-state index in [1.54, 1.807) is 30.1 Å². The summed E-state index contributed by atoms with van der Waals surface area (Å²) < 4.78 is 4.86.